The average Bonchev–Trinajstić information content (AvgIpc) is 2.35. The first-order chi connectivity index (χ1) is 9.15. The highest BCUT2D eigenvalue weighted by Crippen LogP contribution is 2.32. The molecular weight excluding hydrogens is 252 g/mol. The number of nitrogens with two attached hydrogens (primary N) is 1. The molecule has 1 fully saturated rings. The average molecular weight is 268 g/mol. The molecule has 1 aromatic heterocycles. The van der Waals surface area contributed by atoms with E-state index >= 15 is 0 Å². The topological polar surface area (TPSA) is 128 Å². The van der Waals surface area contributed by atoms with Crippen molar-refractivity contribution in [1.29, 1.82) is 0 Å². The number of hydrogen-bond donors (Lipinski definition) is 3. The number of nitrogen functional groups attached to an aromatic ring is 1. The van der Waals surface area contributed by atoms with Gasteiger partial charge in [-0.3, -0.25) is 10.1 Å². The lowest BCUT2D eigenvalue weighted by molar-refractivity contribution is -0.383. The third-order valence-electron chi connectivity index (χ3n) is 2.98. The van der Waals surface area contributed by atoms with Crippen molar-refractivity contribution in [3.8, 4) is 0 Å². The predicted octanol–water partition coefficient (Wildman–Crippen LogP) is 0.650. The number of rotatable bonds is 6. The van der Waals surface area contributed by atoms with Gasteiger partial charge in [-0.15, -0.1) is 0 Å². The van der Waals surface area contributed by atoms with Gasteiger partial charge in [-0.25, -0.2) is 15.8 Å². The fourth-order valence-corrected chi connectivity index (χ4v) is 2.01. The summed E-state index contributed by atoms with van der Waals surface area (Å²) in [5.41, 5.74) is 1.95. The number of hydrazine groups is 1. The number of anilines is 2. The minimum Gasteiger partial charge on any atom is -0.378 e. The highest BCUT2D eigenvalue weighted by atomic mass is 16.6. The van der Waals surface area contributed by atoms with Crippen LogP contribution < -0.4 is 16.6 Å². The largest absolute Gasteiger partial charge is 0.378 e. The highest BCUT2D eigenvalue weighted by molar-refractivity contribution is 5.69. The van der Waals surface area contributed by atoms with Crippen molar-refractivity contribution < 1.29 is 9.66 Å². The smallest absolute Gasteiger partial charge is 0.354 e. The second kappa shape index (κ2) is 5.76. The van der Waals surface area contributed by atoms with E-state index in [0.717, 1.165) is 12.8 Å². The van der Waals surface area contributed by atoms with Gasteiger partial charge >= 0.3 is 5.69 Å². The molecule has 0 bridgehead atoms. The molecule has 1 aliphatic rings. The van der Waals surface area contributed by atoms with Crippen molar-refractivity contribution >= 4 is 17.3 Å². The first-order valence-electron chi connectivity index (χ1n) is 5.99. The van der Waals surface area contributed by atoms with E-state index in [4.69, 9.17) is 10.6 Å². The number of hydrogen-bond acceptors (Lipinski definition) is 8. The standard InChI is InChI=1S/C10H16N6O3/c1-2-19-7-3-6(4-7)14-9-8(16(17)18)10(15-11)13-5-12-9/h5-7H,2-4,11H2,1H3,(H2,12,13,14,15). The zero-order valence-electron chi connectivity index (χ0n) is 10.5. The Bertz CT molecular complexity index is 463. The summed E-state index contributed by atoms with van der Waals surface area (Å²) in [5.74, 6) is 5.37. The molecule has 0 saturated heterocycles. The number of nitrogens with one attached hydrogen (secondary N) is 2. The molecule has 1 aliphatic carbocycles. The lowest BCUT2D eigenvalue weighted by Crippen LogP contribution is -2.41. The maximum absolute atomic E-state index is 11.0. The van der Waals surface area contributed by atoms with E-state index in [1.807, 2.05) is 6.92 Å². The normalized spacial score (nSPS) is 21.6. The van der Waals surface area contributed by atoms with Gasteiger partial charge in [0.2, 0.25) is 11.6 Å². The number of aromatic nitrogens is 2. The van der Waals surface area contributed by atoms with Crippen LogP contribution in [0.5, 0.6) is 0 Å². The Labute approximate surface area is 109 Å². The van der Waals surface area contributed by atoms with Gasteiger partial charge in [-0.2, -0.15) is 0 Å². The summed E-state index contributed by atoms with van der Waals surface area (Å²) < 4.78 is 5.43. The second-order valence-corrected chi connectivity index (χ2v) is 4.21. The Hall–Kier alpha value is -2.00. The van der Waals surface area contributed by atoms with Crippen molar-refractivity contribution in [1.82, 2.24) is 9.97 Å². The lowest BCUT2D eigenvalue weighted by Gasteiger charge is -2.35. The van der Waals surface area contributed by atoms with Crippen LogP contribution in [0.1, 0.15) is 19.8 Å². The van der Waals surface area contributed by atoms with E-state index in [2.05, 4.69) is 20.7 Å². The van der Waals surface area contributed by atoms with Crippen molar-refractivity contribution in [2.24, 2.45) is 5.84 Å². The summed E-state index contributed by atoms with van der Waals surface area (Å²) in [7, 11) is 0. The van der Waals surface area contributed by atoms with Gasteiger partial charge in [0, 0.05) is 12.6 Å². The van der Waals surface area contributed by atoms with Crippen LogP contribution >= 0.6 is 0 Å². The molecule has 0 aromatic carbocycles. The van der Waals surface area contributed by atoms with E-state index < -0.39 is 4.92 Å². The first kappa shape index (κ1) is 13.4. The van der Waals surface area contributed by atoms with Gasteiger partial charge in [-0.05, 0) is 19.8 Å². The molecule has 2 rings (SSSR count). The van der Waals surface area contributed by atoms with Crippen LogP contribution in [0, 0.1) is 10.1 Å². The van der Waals surface area contributed by atoms with Crippen LogP contribution in [0.15, 0.2) is 6.33 Å². The zero-order chi connectivity index (χ0) is 13.8. The summed E-state index contributed by atoms with van der Waals surface area (Å²) in [4.78, 5) is 18.1. The van der Waals surface area contributed by atoms with E-state index in [0.29, 0.717) is 6.61 Å². The second-order valence-electron chi connectivity index (χ2n) is 4.21. The maximum Gasteiger partial charge on any atom is 0.354 e. The van der Waals surface area contributed by atoms with Crippen LogP contribution in [-0.4, -0.2) is 33.6 Å². The van der Waals surface area contributed by atoms with Gasteiger partial charge in [0.05, 0.1) is 11.0 Å². The third kappa shape index (κ3) is 2.88. The first-order valence-corrected chi connectivity index (χ1v) is 5.99. The minimum atomic E-state index is -0.559. The summed E-state index contributed by atoms with van der Waals surface area (Å²) in [6.45, 7) is 2.61. The van der Waals surface area contributed by atoms with E-state index in [-0.39, 0.29) is 29.5 Å². The van der Waals surface area contributed by atoms with Crippen LogP contribution in [0.2, 0.25) is 0 Å². The summed E-state index contributed by atoms with van der Waals surface area (Å²) >= 11 is 0. The third-order valence-corrected chi connectivity index (χ3v) is 2.98. The quantitative estimate of drug-likeness (QED) is 0.389. The molecule has 0 aliphatic heterocycles. The van der Waals surface area contributed by atoms with Crippen molar-refractivity contribution in [2.45, 2.75) is 31.9 Å². The molecule has 9 heteroatoms. The fourth-order valence-electron chi connectivity index (χ4n) is 2.01. The zero-order valence-corrected chi connectivity index (χ0v) is 10.5. The Morgan fingerprint density at radius 1 is 1.53 bits per heavy atom. The van der Waals surface area contributed by atoms with E-state index in [9.17, 15) is 10.1 Å². The SMILES string of the molecule is CCOC1CC(Nc2ncnc(NN)c2[N+](=O)[O-])C1. The summed E-state index contributed by atoms with van der Waals surface area (Å²) in [6, 6.07) is 0.121. The van der Waals surface area contributed by atoms with Gasteiger partial charge in [-0.1, -0.05) is 0 Å². The highest BCUT2D eigenvalue weighted by Gasteiger charge is 2.32. The Balaban J connectivity index is 2.07. The predicted molar refractivity (Wildman–Crippen MR) is 68.6 cm³/mol. The molecular formula is C10H16N6O3. The molecule has 0 radical (unpaired) electrons. The van der Waals surface area contributed by atoms with Gasteiger partial charge in [0.1, 0.15) is 6.33 Å². The van der Waals surface area contributed by atoms with Gasteiger partial charge < -0.3 is 15.5 Å². The summed E-state index contributed by atoms with van der Waals surface area (Å²) in [5, 5.41) is 14.0. The van der Waals surface area contributed by atoms with Crippen molar-refractivity contribution in [3.05, 3.63) is 16.4 Å². The Kier molecular flexibility index (Phi) is 4.07. The van der Waals surface area contributed by atoms with Crippen LogP contribution in [0.3, 0.4) is 0 Å². The Morgan fingerprint density at radius 2 is 2.21 bits per heavy atom. The van der Waals surface area contributed by atoms with Gasteiger partial charge in [0.25, 0.3) is 0 Å². The lowest BCUT2D eigenvalue weighted by atomic mass is 9.89. The fraction of sp³-hybridized carbons (Fsp3) is 0.600. The van der Waals surface area contributed by atoms with Crippen molar-refractivity contribution in [3.63, 3.8) is 0 Å². The molecule has 1 heterocycles. The van der Waals surface area contributed by atoms with E-state index in [1.54, 1.807) is 0 Å². The maximum atomic E-state index is 11.0. The minimum absolute atomic E-state index is 0.0109. The molecule has 0 amide bonds. The molecule has 0 unspecified atom stereocenters. The molecule has 9 nitrogen and oxygen atoms in total. The molecule has 0 spiro atoms. The Morgan fingerprint density at radius 3 is 2.79 bits per heavy atom. The number of ether oxygens (including phenoxy) is 1. The van der Waals surface area contributed by atoms with Crippen LogP contribution in [-0.2, 0) is 4.74 Å². The van der Waals surface area contributed by atoms with Crippen LogP contribution in [0.4, 0.5) is 17.3 Å². The molecule has 0 atom stereocenters. The van der Waals surface area contributed by atoms with Crippen molar-refractivity contribution in [2.75, 3.05) is 17.3 Å². The molecule has 1 aromatic rings. The monoisotopic (exact) mass is 268 g/mol. The summed E-state index contributed by atoms with van der Waals surface area (Å²) in [6.07, 6.45) is 3.06. The molecule has 1 saturated carbocycles. The van der Waals surface area contributed by atoms with Crippen LogP contribution in [0.25, 0.3) is 0 Å². The molecule has 19 heavy (non-hydrogen) atoms. The van der Waals surface area contributed by atoms with Gasteiger partial charge in [0.15, 0.2) is 0 Å². The molecule has 4 N–H and O–H groups in total. The number of nitrogens with zero attached hydrogens (tertiary/aromatic N) is 3. The number of nitro groups is 1. The van der Waals surface area contributed by atoms with E-state index in [1.165, 1.54) is 6.33 Å². The molecule has 104 valence electrons.